The second kappa shape index (κ2) is 12.4. The number of aromatic nitrogens is 2. The van der Waals surface area contributed by atoms with Crippen LogP contribution in [-0.4, -0.2) is 80.6 Å². The van der Waals surface area contributed by atoms with Crippen LogP contribution in [0.25, 0.3) is 0 Å². The van der Waals surface area contributed by atoms with Crippen LogP contribution >= 0.6 is 18.7 Å². The van der Waals surface area contributed by atoms with Crippen molar-refractivity contribution in [3.63, 3.8) is 0 Å². The first kappa shape index (κ1) is 28.7. The van der Waals surface area contributed by atoms with Crippen LogP contribution in [0.15, 0.2) is 42.6 Å². The van der Waals surface area contributed by atoms with E-state index in [4.69, 9.17) is 16.3 Å². The first-order chi connectivity index (χ1) is 19.2. The third-order valence-corrected chi connectivity index (χ3v) is 9.55. The lowest BCUT2D eigenvalue weighted by atomic mass is 10.0. The molecule has 3 aromatic rings. The molecule has 0 radical (unpaired) electrons. The zero-order chi connectivity index (χ0) is 28.3. The minimum atomic E-state index is -2.51. The number of aryl methyl sites for hydroxylation is 1. The Bertz CT molecular complexity index is 1380. The van der Waals surface area contributed by atoms with Gasteiger partial charge >= 0.3 is 0 Å². The number of piperazine rings is 1. The summed E-state index contributed by atoms with van der Waals surface area (Å²) >= 11 is 6.45. The van der Waals surface area contributed by atoms with Crippen molar-refractivity contribution in [3.05, 3.63) is 53.2 Å². The number of piperidine rings is 1. The smallest absolute Gasteiger partial charge is 0.229 e. The van der Waals surface area contributed by atoms with E-state index in [0.717, 1.165) is 61.6 Å². The molecular weight excluding hydrogens is 545 g/mol. The number of nitrogens with zero attached hydrogens (tertiary/aromatic N) is 4. The van der Waals surface area contributed by atoms with Gasteiger partial charge in [-0.25, -0.2) is 4.98 Å². The van der Waals surface area contributed by atoms with Crippen molar-refractivity contribution in [2.45, 2.75) is 25.8 Å². The molecule has 214 valence electrons. The molecule has 2 aromatic carbocycles. The van der Waals surface area contributed by atoms with Gasteiger partial charge in [-0.05, 0) is 56.9 Å². The molecular formula is C29H39ClN7O2P. The van der Waals surface area contributed by atoms with Crippen LogP contribution in [0.3, 0.4) is 0 Å². The van der Waals surface area contributed by atoms with E-state index in [-0.39, 0.29) is 0 Å². The van der Waals surface area contributed by atoms with Crippen LogP contribution in [-0.2, 0) is 4.57 Å². The Kier molecular flexibility index (Phi) is 8.86. The fraction of sp³-hybridized carbons (Fsp3) is 0.448. The van der Waals surface area contributed by atoms with E-state index in [9.17, 15) is 4.57 Å². The summed E-state index contributed by atoms with van der Waals surface area (Å²) in [6, 6.07) is 12.4. The molecule has 0 saturated carbocycles. The average Bonchev–Trinajstić information content (AvgIpc) is 2.95. The Morgan fingerprint density at radius 3 is 2.48 bits per heavy atom. The zero-order valence-corrected chi connectivity index (χ0v) is 25.4. The van der Waals surface area contributed by atoms with E-state index in [1.807, 2.05) is 24.3 Å². The maximum absolute atomic E-state index is 12.8. The molecule has 2 fully saturated rings. The molecule has 9 nitrogen and oxygen atoms in total. The van der Waals surface area contributed by atoms with Crippen molar-refractivity contribution in [2.24, 2.45) is 0 Å². The molecule has 3 heterocycles. The van der Waals surface area contributed by atoms with Crippen molar-refractivity contribution >= 4 is 52.9 Å². The lowest BCUT2D eigenvalue weighted by Gasteiger charge is -2.41. The van der Waals surface area contributed by atoms with Crippen LogP contribution in [0.5, 0.6) is 5.75 Å². The number of hydrogen-bond donors (Lipinski definition) is 3. The highest BCUT2D eigenvalue weighted by Crippen LogP contribution is 2.39. The normalized spacial score (nSPS) is 17.1. The lowest BCUT2D eigenvalue weighted by Crippen LogP contribution is -2.52. The minimum Gasteiger partial charge on any atom is -0.494 e. The van der Waals surface area contributed by atoms with Gasteiger partial charge in [-0.2, -0.15) is 4.98 Å². The van der Waals surface area contributed by atoms with Gasteiger partial charge in [-0.3, -0.25) is 4.90 Å². The summed E-state index contributed by atoms with van der Waals surface area (Å²) in [5, 5.41) is 11.1. The Morgan fingerprint density at radius 1 is 1.05 bits per heavy atom. The molecule has 40 heavy (non-hydrogen) atoms. The minimum absolute atomic E-state index is 0.366. The average molecular weight is 584 g/mol. The fourth-order valence-corrected chi connectivity index (χ4v) is 6.91. The molecule has 0 amide bonds. The third kappa shape index (κ3) is 6.55. The molecule has 0 unspecified atom stereocenters. The SMILES string of the molecule is COc1cc(N2CCC(N3CCNCC3)CC2)c(C)cc1Nc1ncc(Cl)c(Nc2ccccc2P(C)(C)=O)n1. The summed E-state index contributed by atoms with van der Waals surface area (Å²) < 4.78 is 18.6. The predicted molar refractivity (Wildman–Crippen MR) is 167 cm³/mol. The quantitative estimate of drug-likeness (QED) is 0.315. The summed E-state index contributed by atoms with van der Waals surface area (Å²) in [5.41, 5.74) is 3.84. The van der Waals surface area contributed by atoms with Gasteiger partial charge < -0.3 is 30.2 Å². The van der Waals surface area contributed by atoms with Crippen LogP contribution in [0, 0.1) is 6.92 Å². The van der Waals surface area contributed by atoms with Gasteiger partial charge in [-0.15, -0.1) is 0 Å². The first-order valence-electron chi connectivity index (χ1n) is 13.8. The van der Waals surface area contributed by atoms with Crippen LogP contribution in [0.4, 0.5) is 28.8 Å². The van der Waals surface area contributed by atoms with Crippen molar-refractivity contribution in [2.75, 3.05) is 75.2 Å². The summed E-state index contributed by atoms with van der Waals surface area (Å²) in [6.45, 7) is 12.2. The Hall–Kier alpha value is -2.84. The predicted octanol–water partition coefficient (Wildman–Crippen LogP) is 5.06. The van der Waals surface area contributed by atoms with Crippen molar-refractivity contribution in [3.8, 4) is 5.75 Å². The van der Waals surface area contributed by atoms with Gasteiger partial charge in [-0.1, -0.05) is 23.7 Å². The highest BCUT2D eigenvalue weighted by atomic mass is 35.5. The van der Waals surface area contributed by atoms with E-state index in [2.05, 4.69) is 54.8 Å². The van der Waals surface area contributed by atoms with Crippen molar-refractivity contribution < 1.29 is 9.30 Å². The summed E-state index contributed by atoms with van der Waals surface area (Å²) in [6.07, 6.45) is 3.89. The van der Waals surface area contributed by atoms with Gasteiger partial charge in [0.2, 0.25) is 5.95 Å². The van der Waals surface area contributed by atoms with Crippen molar-refractivity contribution in [1.82, 2.24) is 20.2 Å². The number of halogens is 1. The Labute approximate surface area is 242 Å². The number of methoxy groups -OCH3 is 1. The number of anilines is 5. The molecule has 3 N–H and O–H groups in total. The number of hydrogen-bond acceptors (Lipinski definition) is 9. The van der Waals surface area contributed by atoms with Crippen molar-refractivity contribution in [1.29, 1.82) is 0 Å². The van der Waals surface area contributed by atoms with Gasteiger partial charge in [0.25, 0.3) is 0 Å². The first-order valence-corrected chi connectivity index (χ1v) is 16.8. The molecule has 1 aromatic heterocycles. The van der Waals surface area contributed by atoms with Crippen LogP contribution < -0.4 is 30.9 Å². The fourth-order valence-electron chi connectivity index (χ4n) is 5.62. The highest BCUT2D eigenvalue weighted by molar-refractivity contribution is 7.70. The number of ether oxygens (including phenoxy) is 1. The van der Waals surface area contributed by atoms with Gasteiger partial charge in [0.15, 0.2) is 5.82 Å². The summed E-state index contributed by atoms with van der Waals surface area (Å²) in [4.78, 5) is 14.1. The maximum Gasteiger partial charge on any atom is 0.229 e. The maximum atomic E-state index is 12.8. The monoisotopic (exact) mass is 583 g/mol. The van der Waals surface area contributed by atoms with E-state index in [0.29, 0.717) is 28.5 Å². The van der Waals surface area contributed by atoms with Gasteiger partial charge in [0, 0.05) is 62.4 Å². The molecule has 2 aliphatic rings. The number of benzene rings is 2. The lowest BCUT2D eigenvalue weighted by molar-refractivity contribution is 0.150. The topological polar surface area (TPSA) is 94.6 Å². The second-order valence-electron chi connectivity index (χ2n) is 10.9. The summed E-state index contributed by atoms with van der Waals surface area (Å²) in [5.74, 6) is 1.53. The van der Waals surface area contributed by atoms with Crippen LogP contribution in [0.2, 0.25) is 5.02 Å². The molecule has 0 bridgehead atoms. The molecule has 2 saturated heterocycles. The van der Waals surface area contributed by atoms with Crippen LogP contribution in [0.1, 0.15) is 18.4 Å². The summed E-state index contributed by atoms with van der Waals surface area (Å²) in [7, 11) is -0.831. The molecule has 5 rings (SSSR count). The Balaban J connectivity index is 1.32. The van der Waals surface area contributed by atoms with E-state index in [1.54, 1.807) is 26.6 Å². The molecule has 0 atom stereocenters. The number of para-hydroxylation sites is 1. The standard InChI is InChI=1S/C29H39ClN7O2P/c1-20-17-24(26(39-2)18-25(20)37-13-9-21(10-14-37)36-15-11-31-12-16-36)34-29-32-19-22(30)28(35-29)33-23-7-5-6-8-27(23)40(3,4)38/h5-8,17-19,21,31H,9-16H2,1-4H3,(H2,32,33,34,35). The van der Waals surface area contributed by atoms with E-state index in [1.165, 1.54) is 18.5 Å². The van der Waals surface area contributed by atoms with E-state index < -0.39 is 7.14 Å². The molecule has 2 aliphatic heterocycles. The Morgan fingerprint density at radius 2 is 1.77 bits per heavy atom. The third-order valence-electron chi connectivity index (χ3n) is 7.72. The largest absolute Gasteiger partial charge is 0.494 e. The second-order valence-corrected chi connectivity index (χ2v) is 14.4. The molecule has 11 heteroatoms. The van der Waals surface area contributed by atoms with Gasteiger partial charge in [0.1, 0.15) is 17.9 Å². The van der Waals surface area contributed by atoms with E-state index >= 15 is 0 Å². The van der Waals surface area contributed by atoms with Gasteiger partial charge in [0.05, 0.1) is 24.7 Å². The molecule has 0 spiro atoms. The number of nitrogens with one attached hydrogen (secondary N) is 3. The molecule has 0 aliphatic carbocycles. The zero-order valence-electron chi connectivity index (χ0n) is 23.7. The number of rotatable bonds is 8. The highest BCUT2D eigenvalue weighted by Gasteiger charge is 2.27.